The zero-order valence-electron chi connectivity index (χ0n) is 8.23. The van der Waals surface area contributed by atoms with Gasteiger partial charge < -0.3 is 25.1 Å². The minimum absolute atomic E-state index is 0.193. The summed E-state index contributed by atoms with van der Waals surface area (Å²) in [6, 6.07) is 2.72. The van der Waals surface area contributed by atoms with Crippen molar-refractivity contribution in [2.45, 2.75) is 12.5 Å². The fourth-order valence-corrected chi connectivity index (χ4v) is 0.946. The molecule has 0 saturated heterocycles. The van der Waals surface area contributed by atoms with Crippen LogP contribution in [0.15, 0.2) is 16.5 Å². The first-order valence-electron chi connectivity index (χ1n) is 4.34. The van der Waals surface area contributed by atoms with E-state index < -0.39 is 11.5 Å². The molecule has 0 fully saturated rings. The van der Waals surface area contributed by atoms with Crippen molar-refractivity contribution in [3.05, 3.63) is 17.9 Å². The van der Waals surface area contributed by atoms with Crippen LogP contribution in [0.2, 0.25) is 0 Å². The van der Waals surface area contributed by atoms with Gasteiger partial charge in [0.15, 0.2) is 5.88 Å². The van der Waals surface area contributed by atoms with Gasteiger partial charge in [0, 0.05) is 6.07 Å². The van der Waals surface area contributed by atoms with E-state index in [0.29, 0.717) is 0 Å². The largest absolute Gasteiger partial charge is 0.475 e. The molecule has 4 N–H and O–H groups in total. The number of aliphatic hydroxyl groups is 2. The fourth-order valence-electron chi connectivity index (χ4n) is 0.946. The molecule has 0 atom stereocenters. The highest BCUT2D eigenvalue weighted by atomic mass is 16.4. The summed E-state index contributed by atoms with van der Waals surface area (Å²) >= 11 is 0. The molecule has 0 aliphatic heterocycles. The molecule has 1 heterocycles. The molecule has 0 spiro atoms. The lowest BCUT2D eigenvalue weighted by molar-refractivity contribution is 0.0663. The van der Waals surface area contributed by atoms with Crippen LogP contribution in [0.25, 0.3) is 0 Å². The molecule has 0 aliphatic carbocycles. The van der Waals surface area contributed by atoms with Gasteiger partial charge in [-0.05, 0) is 13.0 Å². The topological polar surface area (TPSA) is 103 Å². The van der Waals surface area contributed by atoms with Crippen LogP contribution < -0.4 is 5.32 Å². The molecule has 1 aromatic rings. The van der Waals surface area contributed by atoms with E-state index in [2.05, 4.69) is 5.32 Å². The van der Waals surface area contributed by atoms with E-state index in [4.69, 9.17) is 19.7 Å². The third-order valence-corrected chi connectivity index (χ3v) is 1.94. The molecule has 0 saturated carbocycles. The molecule has 0 amide bonds. The Hall–Kier alpha value is -1.53. The van der Waals surface area contributed by atoms with Gasteiger partial charge in [-0.1, -0.05) is 0 Å². The zero-order chi connectivity index (χ0) is 11.5. The third-order valence-electron chi connectivity index (χ3n) is 1.94. The van der Waals surface area contributed by atoms with Crippen LogP contribution in [0, 0.1) is 0 Å². The van der Waals surface area contributed by atoms with Gasteiger partial charge in [-0.25, -0.2) is 4.79 Å². The Labute approximate surface area is 86.1 Å². The summed E-state index contributed by atoms with van der Waals surface area (Å²) in [7, 11) is 0. The highest BCUT2D eigenvalue weighted by Crippen LogP contribution is 2.18. The maximum atomic E-state index is 10.5. The number of nitrogens with one attached hydrogen (secondary N) is 1. The number of aliphatic hydroxyl groups excluding tert-OH is 2. The molecule has 1 aromatic heterocycles. The zero-order valence-corrected chi connectivity index (χ0v) is 8.23. The van der Waals surface area contributed by atoms with Gasteiger partial charge in [0.05, 0.1) is 18.8 Å². The van der Waals surface area contributed by atoms with Crippen LogP contribution in [-0.4, -0.2) is 40.0 Å². The van der Waals surface area contributed by atoms with Gasteiger partial charge in [-0.2, -0.15) is 0 Å². The summed E-state index contributed by atoms with van der Waals surface area (Å²) in [5.74, 6) is -1.17. The van der Waals surface area contributed by atoms with Crippen molar-refractivity contribution >= 4 is 11.9 Å². The molecular weight excluding hydrogens is 202 g/mol. The average Bonchev–Trinajstić information content (AvgIpc) is 2.66. The predicted molar refractivity (Wildman–Crippen MR) is 51.9 cm³/mol. The molecule has 84 valence electrons. The predicted octanol–water partition coefficient (Wildman–Crippen LogP) is 0.133. The molecular formula is C9H13NO5. The summed E-state index contributed by atoms with van der Waals surface area (Å²) in [6.07, 6.45) is 0. The number of aromatic carboxylic acids is 1. The molecule has 0 unspecified atom stereocenters. The quantitative estimate of drug-likeness (QED) is 0.557. The molecule has 0 aromatic carbocycles. The second-order valence-corrected chi connectivity index (χ2v) is 3.47. The Bertz CT molecular complexity index is 342. The first kappa shape index (κ1) is 11.5. The van der Waals surface area contributed by atoms with Crippen molar-refractivity contribution in [2.24, 2.45) is 0 Å². The highest BCUT2D eigenvalue weighted by molar-refractivity contribution is 5.84. The van der Waals surface area contributed by atoms with Crippen molar-refractivity contribution in [3.63, 3.8) is 0 Å². The smallest absolute Gasteiger partial charge is 0.371 e. The molecule has 0 aliphatic rings. The van der Waals surface area contributed by atoms with Gasteiger partial charge in [0.25, 0.3) is 0 Å². The van der Waals surface area contributed by atoms with Crippen LogP contribution in [0.3, 0.4) is 0 Å². The van der Waals surface area contributed by atoms with E-state index in [1.54, 1.807) is 6.92 Å². The normalized spacial score (nSPS) is 11.4. The van der Waals surface area contributed by atoms with Crippen molar-refractivity contribution in [2.75, 3.05) is 18.5 Å². The Kier molecular flexibility index (Phi) is 3.33. The maximum absolute atomic E-state index is 10.5. The monoisotopic (exact) mass is 215 g/mol. The van der Waals surface area contributed by atoms with Crippen LogP contribution >= 0.6 is 0 Å². The van der Waals surface area contributed by atoms with Gasteiger partial charge in [-0.3, -0.25) is 0 Å². The highest BCUT2D eigenvalue weighted by Gasteiger charge is 2.23. The van der Waals surface area contributed by atoms with Crippen LogP contribution in [-0.2, 0) is 0 Å². The van der Waals surface area contributed by atoms with E-state index in [9.17, 15) is 4.79 Å². The lowest BCUT2D eigenvalue weighted by Gasteiger charge is -2.25. The summed E-state index contributed by atoms with van der Waals surface area (Å²) < 4.78 is 4.91. The van der Waals surface area contributed by atoms with Gasteiger partial charge in [-0.15, -0.1) is 0 Å². The maximum Gasteiger partial charge on any atom is 0.371 e. The first-order valence-corrected chi connectivity index (χ1v) is 4.34. The van der Waals surface area contributed by atoms with Crippen molar-refractivity contribution < 1.29 is 24.5 Å². The van der Waals surface area contributed by atoms with Crippen molar-refractivity contribution in [1.29, 1.82) is 0 Å². The number of carboxylic acid groups (broad SMARTS) is 1. The summed E-state index contributed by atoms with van der Waals surface area (Å²) in [5, 5.41) is 29.3. The van der Waals surface area contributed by atoms with Gasteiger partial charge in [0.2, 0.25) is 5.76 Å². The third kappa shape index (κ3) is 2.71. The lowest BCUT2D eigenvalue weighted by Crippen LogP contribution is -2.42. The number of hydrogen-bond acceptors (Lipinski definition) is 5. The first-order chi connectivity index (χ1) is 7.00. The van der Waals surface area contributed by atoms with E-state index in [1.165, 1.54) is 12.1 Å². The van der Waals surface area contributed by atoms with Crippen LogP contribution in [0.4, 0.5) is 5.88 Å². The van der Waals surface area contributed by atoms with Gasteiger partial charge >= 0.3 is 5.97 Å². The van der Waals surface area contributed by atoms with E-state index in [-0.39, 0.29) is 24.9 Å². The molecule has 0 radical (unpaired) electrons. The fraction of sp³-hybridized carbons (Fsp3) is 0.444. The average molecular weight is 215 g/mol. The lowest BCUT2D eigenvalue weighted by atomic mass is 10.1. The molecule has 6 nitrogen and oxygen atoms in total. The second kappa shape index (κ2) is 4.33. The SMILES string of the molecule is CC(CO)(CO)Nc1ccc(C(=O)O)o1. The minimum atomic E-state index is -1.17. The Morgan fingerprint density at radius 2 is 2.07 bits per heavy atom. The van der Waals surface area contributed by atoms with E-state index in [0.717, 1.165) is 0 Å². The molecule has 0 bridgehead atoms. The van der Waals surface area contributed by atoms with Gasteiger partial charge in [0.1, 0.15) is 0 Å². The molecule has 15 heavy (non-hydrogen) atoms. The number of furan rings is 1. The minimum Gasteiger partial charge on any atom is -0.475 e. The van der Waals surface area contributed by atoms with Crippen LogP contribution in [0.5, 0.6) is 0 Å². The summed E-state index contributed by atoms with van der Waals surface area (Å²) in [4.78, 5) is 10.5. The Balaban J connectivity index is 2.76. The van der Waals surface area contributed by atoms with E-state index in [1.807, 2.05) is 0 Å². The molecule has 1 rings (SSSR count). The summed E-state index contributed by atoms with van der Waals surface area (Å²) in [5.41, 5.74) is -0.937. The van der Waals surface area contributed by atoms with Crippen molar-refractivity contribution in [1.82, 2.24) is 0 Å². The number of hydrogen-bond donors (Lipinski definition) is 4. The van der Waals surface area contributed by atoms with Crippen molar-refractivity contribution in [3.8, 4) is 0 Å². The number of anilines is 1. The Morgan fingerprint density at radius 1 is 1.47 bits per heavy atom. The number of carbonyl (C=O) groups is 1. The second-order valence-electron chi connectivity index (χ2n) is 3.47. The Morgan fingerprint density at radius 3 is 2.47 bits per heavy atom. The van der Waals surface area contributed by atoms with Crippen LogP contribution in [0.1, 0.15) is 17.5 Å². The number of rotatable bonds is 5. The summed E-state index contributed by atoms with van der Waals surface area (Å²) in [6.45, 7) is 0.981. The molecule has 6 heteroatoms. The number of carboxylic acids is 1. The van der Waals surface area contributed by atoms with E-state index >= 15 is 0 Å². The standard InChI is InChI=1S/C9H13NO5/c1-9(4-11,5-12)10-7-3-2-6(15-7)8(13)14/h2-3,10-12H,4-5H2,1H3,(H,13,14).